The molecule has 0 aliphatic carbocycles. The Morgan fingerprint density at radius 3 is 2.32 bits per heavy atom. The lowest BCUT2D eigenvalue weighted by atomic mass is 9.99. The number of amides is 2. The quantitative estimate of drug-likeness (QED) is 0.585. The first-order chi connectivity index (χ1) is 17.5. The normalized spacial score (nSPS) is 27.6. The Hall–Kier alpha value is -2.18. The monoisotopic (exact) mass is 538 g/mol. The van der Waals surface area contributed by atoms with E-state index in [1.54, 1.807) is 15.3 Å². The number of rotatable bonds is 6. The van der Waals surface area contributed by atoms with Gasteiger partial charge in [0.2, 0.25) is 10.0 Å². The van der Waals surface area contributed by atoms with Crippen LogP contribution in [0.5, 0.6) is 0 Å². The van der Waals surface area contributed by atoms with Crippen LogP contribution in [0.25, 0.3) is 0 Å². The highest BCUT2D eigenvalue weighted by molar-refractivity contribution is 7.89. The van der Waals surface area contributed by atoms with Crippen LogP contribution in [0.4, 0.5) is 4.79 Å². The molecule has 4 aliphatic heterocycles. The molecule has 0 spiro atoms. The fourth-order valence-corrected chi connectivity index (χ4v) is 8.34. The number of nitrogens with one attached hydrogen (secondary N) is 1. The molecule has 1 aromatic rings. The first-order valence-electron chi connectivity index (χ1n) is 13.3. The highest BCUT2D eigenvalue weighted by Gasteiger charge is 2.47. The van der Waals surface area contributed by atoms with Crippen molar-refractivity contribution in [2.45, 2.75) is 88.9 Å². The number of aromatic nitrogens is 1. The van der Waals surface area contributed by atoms with Gasteiger partial charge < -0.3 is 24.2 Å². The molecular formula is C25H38N4O7S. The molecule has 2 amide bonds. The van der Waals surface area contributed by atoms with E-state index in [1.807, 2.05) is 20.8 Å². The summed E-state index contributed by atoms with van der Waals surface area (Å²) in [5.74, 6) is 0.652. The Bertz CT molecular complexity index is 1090. The molecule has 5 rings (SSSR count). The van der Waals surface area contributed by atoms with E-state index in [9.17, 15) is 18.0 Å². The summed E-state index contributed by atoms with van der Waals surface area (Å²) in [5.41, 5.74) is -0.298. The Morgan fingerprint density at radius 1 is 1.11 bits per heavy atom. The van der Waals surface area contributed by atoms with E-state index in [1.165, 1.54) is 0 Å². The van der Waals surface area contributed by atoms with Crippen molar-refractivity contribution in [2.75, 3.05) is 32.1 Å². The lowest BCUT2D eigenvalue weighted by Crippen LogP contribution is -2.53. The largest absolute Gasteiger partial charge is 0.444 e. The average Bonchev–Trinajstić information content (AvgIpc) is 3.35. The number of hydrogen-bond acceptors (Lipinski definition) is 8. The summed E-state index contributed by atoms with van der Waals surface area (Å²) in [5, 5.41) is 6.96. The van der Waals surface area contributed by atoms with Gasteiger partial charge in [-0.25, -0.2) is 13.2 Å². The zero-order valence-corrected chi connectivity index (χ0v) is 22.7. The van der Waals surface area contributed by atoms with Gasteiger partial charge in [-0.1, -0.05) is 5.16 Å². The van der Waals surface area contributed by atoms with Crippen molar-refractivity contribution in [1.29, 1.82) is 0 Å². The van der Waals surface area contributed by atoms with Crippen molar-refractivity contribution in [3.63, 3.8) is 0 Å². The van der Waals surface area contributed by atoms with E-state index in [0.717, 1.165) is 12.8 Å². The molecule has 4 fully saturated rings. The number of piperidine rings is 2. The molecule has 1 aromatic heterocycles. The van der Waals surface area contributed by atoms with Crippen LogP contribution in [0.3, 0.4) is 0 Å². The summed E-state index contributed by atoms with van der Waals surface area (Å²) < 4.78 is 44.6. The SMILES string of the molecule is CC(C)(C)OC(=O)N1CCC(CS(=O)(=O)N2C3CC[C@H]2CC(NC(=O)c2cc(C4COC4)on2)C3)CC1. The van der Waals surface area contributed by atoms with Crippen LogP contribution in [0.2, 0.25) is 0 Å². The number of hydrogen-bond donors (Lipinski definition) is 1. The molecule has 206 valence electrons. The smallest absolute Gasteiger partial charge is 0.410 e. The number of nitrogens with zero attached hydrogens (tertiary/aromatic N) is 3. The highest BCUT2D eigenvalue weighted by Crippen LogP contribution is 2.39. The van der Waals surface area contributed by atoms with Crippen molar-refractivity contribution < 1.29 is 32.0 Å². The van der Waals surface area contributed by atoms with Gasteiger partial charge in [-0.15, -0.1) is 0 Å². The number of likely N-dealkylation sites (tertiary alicyclic amines) is 1. The van der Waals surface area contributed by atoms with Crippen LogP contribution in [0, 0.1) is 5.92 Å². The van der Waals surface area contributed by atoms with Crippen molar-refractivity contribution >= 4 is 22.0 Å². The van der Waals surface area contributed by atoms with Crippen LogP contribution in [-0.2, 0) is 19.5 Å². The second kappa shape index (κ2) is 10.2. The number of sulfonamides is 1. The van der Waals surface area contributed by atoms with Gasteiger partial charge in [-0.2, -0.15) is 4.31 Å². The predicted octanol–water partition coefficient (Wildman–Crippen LogP) is 2.49. The second-order valence-electron chi connectivity index (χ2n) is 11.9. The van der Waals surface area contributed by atoms with E-state index in [2.05, 4.69) is 10.5 Å². The van der Waals surface area contributed by atoms with E-state index in [-0.39, 0.29) is 53.4 Å². The summed E-state index contributed by atoms with van der Waals surface area (Å²) in [4.78, 5) is 26.7. The van der Waals surface area contributed by atoms with Gasteiger partial charge in [-0.3, -0.25) is 4.79 Å². The second-order valence-corrected chi connectivity index (χ2v) is 13.8. The van der Waals surface area contributed by atoms with Crippen molar-refractivity contribution in [3.8, 4) is 0 Å². The molecule has 0 saturated carbocycles. The molecule has 5 heterocycles. The fourth-order valence-electron chi connectivity index (χ4n) is 5.95. The minimum absolute atomic E-state index is 0.0166. The maximum absolute atomic E-state index is 13.5. The third-order valence-corrected chi connectivity index (χ3v) is 9.97. The topological polar surface area (TPSA) is 131 Å². The zero-order chi connectivity index (χ0) is 26.4. The molecule has 1 N–H and O–H groups in total. The van der Waals surface area contributed by atoms with Gasteiger partial charge in [0, 0.05) is 37.3 Å². The Morgan fingerprint density at radius 2 is 1.76 bits per heavy atom. The van der Waals surface area contributed by atoms with Crippen molar-refractivity contribution in [3.05, 3.63) is 17.5 Å². The van der Waals surface area contributed by atoms with Gasteiger partial charge >= 0.3 is 6.09 Å². The summed E-state index contributed by atoms with van der Waals surface area (Å²) in [6, 6.07) is 1.37. The van der Waals surface area contributed by atoms with Gasteiger partial charge in [0.15, 0.2) is 5.69 Å². The first-order valence-corrected chi connectivity index (χ1v) is 14.9. The maximum Gasteiger partial charge on any atom is 0.410 e. The fraction of sp³-hybridized carbons (Fsp3) is 0.800. The van der Waals surface area contributed by atoms with E-state index >= 15 is 0 Å². The van der Waals surface area contributed by atoms with Crippen LogP contribution in [0.1, 0.15) is 81.5 Å². The predicted molar refractivity (Wildman–Crippen MR) is 134 cm³/mol. The van der Waals surface area contributed by atoms with E-state index in [4.69, 9.17) is 14.0 Å². The standard InChI is InChI=1S/C25H38N4O7S/c1-25(2,3)35-24(31)28-8-6-16(7-9-28)15-37(32,33)29-19-4-5-20(29)11-18(10-19)26-23(30)21-12-22(36-27-21)17-13-34-14-17/h12,16-20H,4-11,13-15H2,1-3H3,(H,26,30)/t18?,19-,20?/m0/s1. The molecule has 0 radical (unpaired) electrons. The van der Waals surface area contributed by atoms with E-state index in [0.29, 0.717) is 57.7 Å². The highest BCUT2D eigenvalue weighted by atomic mass is 32.2. The van der Waals surface area contributed by atoms with Crippen molar-refractivity contribution in [2.24, 2.45) is 5.92 Å². The summed E-state index contributed by atoms with van der Waals surface area (Å²) >= 11 is 0. The van der Waals surface area contributed by atoms with Gasteiger partial charge in [0.1, 0.15) is 11.4 Å². The molecular weight excluding hydrogens is 500 g/mol. The van der Waals surface area contributed by atoms with E-state index < -0.39 is 15.6 Å². The molecule has 37 heavy (non-hydrogen) atoms. The molecule has 11 nitrogen and oxygen atoms in total. The minimum atomic E-state index is -3.45. The first kappa shape index (κ1) is 26.4. The Balaban J connectivity index is 1.12. The number of ether oxygens (including phenoxy) is 2. The summed E-state index contributed by atoms with van der Waals surface area (Å²) in [7, 11) is -3.45. The average molecular weight is 539 g/mol. The lowest BCUT2D eigenvalue weighted by Gasteiger charge is -2.39. The molecule has 4 aliphatic rings. The molecule has 4 saturated heterocycles. The van der Waals surface area contributed by atoms with Crippen LogP contribution in [-0.4, -0.2) is 90.6 Å². The zero-order valence-electron chi connectivity index (χ0n) is 21.8. The Labute approximate surface area is 218 Å². The minimum Gasteiger partial charge on any atom is -0.444 e. The van der Waals surface area contributed by atoms with Crippen LogP contribution >= 0.6 is 0 Å². The lowest BCUT2D eigenvalue weighted by molar-refractivity contribution is -0.00229. The number of fused-ring (bicyclic) bond motifs is 2. The van der Waals surface area contributed by atoms with Crippen LogP contribution < -0.4 is 5.32 Å². The number of carbonyl (C=O) groups is 2. The maximum atomic E-state index is 13.5. The molecule has 3 atom stereocenters. The molecule has 12 heteroatoms. The summed E-state index contributed by atoms with van der Waals surface area (Å²) in [6.45, 7) is 7.68. The summed E-state index contributed by atoms with van der Waals surface area (Å²) in [6.07, 6.45) is 3.76. The molecule has 2 bridgehead atoms. The van der Waals surface area contributed by atoms with Crippen LogP contribution in [0.15, 0.2) is 10.6 Å². The van der Waals surface area contributed by atoms with Gasteiger partial charge in [0.05, 0.1) is 24.9 Å². The molecule has 0 aromatic carbocycles. The number of carbonyl (C=O) groups excluding carboxylic acids is 2. The van der Waals surface area contributed by atoms with Gasteiger partial charge in [-0.05, 0) is 65.2 Å². The van der Waals surface area contributed by atoms with Crippen molar-refractivity contribution in [1.82, 2.24) is 19.7 Å². The van der Waals surface area contributed by atoms with Gasteiger partial charge in [0.25, 0.3) is 5.91 Å². The Kier molecular flexibility index (Phi) is 7.27. The third-order valence-electron chi connectivity index (χ3n) is 7.84. The molecule has 2 unspecified atom stereocenters. The third kappa shape index (κ3) is 5.96.